The predicted octanol–water partition coefficient (Wildman–Crippen LogP) is 3.54. The molecule has 0 amide bonds. The average molecular weight is 211 g/mol. The Balaban J connectivity index is 2.39. The fraction of sp³-hybridized carbons (Fsp3) is 0.0909. The van der Waals surface area contributed by atoms with E-state index in [1.54, 1.807) is 24.3 Å². The van der Waals surface area contributed by atoms with Gasteiger partial charge < -0.3 is 4.74 Å². The molecule has 0 aliphatic rings. The SMILES string of the molecule is FC(F)(F)Oc1ccc2c[c]ccc2c1. The van der Waals surface area contributed by atoms with Gasteiger partial charge in [-0.3, -0.25) is 0 Å². The molecule has 0 heterocycles. The van der Waals surface area contributed by atoms with Crippen LogP contribution in [0.3, 0.4) is 0 Å². The Labute approximate surface area is 84.1 Å². The molecule has 0 atom stereocenters. The number of rotatable bonds is 1. The monoisotopic (exact) mass is 211 g/mol. The van der Waals surface area contributed by atoms with Gasteiger partial charge in [0.1, 0.15) is 5.75 Å². The first-order valence-corrected chi connectivity index (χ1v) is 4.20. The number of benzene rings is 2. The number of halogens is 3. The minimum Gasteiger partial charge on any atom is -0.406 e. The molecule has 0 aromatic heterocycles. The summed E-state index contributed by atoms with van der Waals surface area (Å²) in [6.45, 7) is 0. The highest BCUT2D eigenvalue weighted by atomic mass is 19.4. The molecule has 77 valence electrons. The molecule has 0 saturated carbocycles. The van der Waals surface area contributed by atoms with Crippen LogP contribution in [0.1, 0.15) is 0 Å². The summed E-state index contributed by atoms with van der Waals surface area (Å²) in [6, 6.07) is 12.0. The highest BCUT2D eigenvalue weighted by molar-refractivity contribution is 5.83. The van der Waals surface area contributed by atoms with Gasteiger partial charge in [0.25, 0.3) is 0 Å². The predicted molar refractivity (Wildman–Crippen MR) is 49.5 cm³/mol. The summed E-state index contributed by atoms with van der Waals surface area (Å²) in [5, 5.41) is 1.52. The van der Waals surface area contributed by atoms with Crippen molar-refractivity contribution < 1.29 is 17.9 Å². The standard InChI is InChI=1S/C11H6F3O/c12-11(13,14)15-10-6-5-8-3-1-2-4-9(8)7-10/h2-7H. The van der Waals surface area contributed by atoms with Gasteiger partial charge >= 0.3 is 6.36 Å². The maximum absolute atomic E-state index is 11.9. The summed E-state index contributed by atoms with van der Waals surface area (Å²) in [5.41, 5.74) is 0. The average Bonchev–Trinajstić information content (AvgIpc) is 2.15. The van der Waals surface area contributed by atoms with E-state index in [1.165, 1.54) is 12.1 Å². The van der Waals surface area contributed by atoms with E-state index < -0.39 is 6.36 Å². The molecule has 15 heavy (non-hydrogen) atoms. The summed E-state index contributed by atoms with van der Waals surface area (Å²) in [6.07, 6.45) is -4.64. The van der Waals surface area contributed by atoms with Crippen LogP contribution < -0.4 is 4.74 Å². The molecular formula is C11H6F3O. The summed E-state index contributed by atoms with van der Waals surface area (Å²) in [5.74, 6) is -0.207. The topological polar surface area (TPSA) is 9.23 Å². The fourth-order valence-electron chi connectivity index (χ4n) is 1.30. The molecule has 2 aromatic rings. The summed E-state index contributed by atoms with van der Waals surface area (Å²) in [4.78, 5) is 0. The van der Waals surface area contributed by atoms with E-state index in [1.807, 2.05) is 0 Å². The maximum atomic E-state index is 11.9. The fourth-order valence-corrected chi connectivity index (χ4v) is 1.30. The van der Waals surface area contributed by atoms with Crippen molar-refractivity contribution in [2.45, 2.75) is 6.36 Å². The van der Waals surface area contributed by atoms with Gasteiger partial charge in [-0.1, -0.05) is 18.2 Å². The first-order valence-electron chi connectivity index (χ1n) is 4.20. The quantitative estimate of drug-likeness (QED) is 0.701. The Hall–Kier alpha value is -1.71. The molecular weight excluding hydrogens is 205 g/mol. The third kappa shape index (κ3) is 2.40. The Bertz CT molecular complexity index is 476. The number of fused-ring (bicyclic) bond motifs is 1. The van der Waals surface area contributed by atoms with Crippen molar-refractivity contribution in [3.05, 3.63) is 42.5 Å². The normalized spacial score (nSPS) is 11.7. The molecule has 0 aliphatic heterocycles. The van der Waals surface area contributed by atoms with E-state index in [2.05, 4.69) is 10.8 Å². The Morgan fingerprint density at radius 2 is 1.87 bits per heavy atom. The van der Waals surface area contributed by atoms with Gasteiger partial charge in [0.15, 0.2) is 0 Å². The van der Waals surface area contributed by atoms with E-state index in [9.17, 15) is 13.2 Å². The second-order valence-corrected chi connectivity index (χ2v) is 2.98. The lowest BCUT2D eigenvalue weighted by atomic mass is 10.1. The zero-order valence-electron chi connectivity index (χ0n) is 7.51. The van der Waals surface area contributed by atoms with Crippen LogP contribution in [0.5, 0.6) is 5.75 Å². The Morgan fingerprint density at radius 1 is 1.07 bits per heavy atom. The number of ether oxygens (including phenoxy) is 1. The zero-order valence-corrected chi connectivity index (χ0v) is 7.51. The highest BCUT2D eigenvalue weighted by Gasteiger charge is 2.30. The van der Waals surface area contributed by atoms with Gasteiger partial charge in [0.2, 0.25) is 0 Å². The third-order valence-corrected chi connectivity index (χ3v) is 1.89. The summed E-state index contributed by atoms with van der Waals surface area (Å²) in [7, 11) is 0. The number of alkyl halides is 3. The van der Waals surface area contributed by atoms with Crippen LogP contribution in [0.4, 0.5) is 13.2 Å². The molecule has 1 nitrogen and oxygen atoms in total. The van der Waals surface area contributed by atoms with Gasteiger partial charge in [-0.2, -0.15) is 0 Å². The molecule has 1 radical (unpaired) electrons. The van der Waals surface area contributed by atoms with Crippen molar-refractivity contribution in [1.82, 2.24) is 0 Å². The molecule has 0 spiro atoms. The largest absolute Gasteiger partial charge is 0.573 e. The lowest BCUT2D eigenvalue weighted by Crippen LogP contribution is -2.16. The molecule has 4 heteroatoms. The van der Waals surface area contributed by atoms with E-state index in [4.69, 9.17) is 0 Å². The van der Waals surface area contributed by atoms with E-state index in [0.29, 0.717) is 5.39 Å². The maximum Gasteiger partial charge on any atom is 0.573 e. The van der Waals surface area contributed by atoms with Gasteiger partial charge in [-0.05, 0) is 35.0 Å². The van der Waals surface area contributed by atoms with Gasteiger partial charge in [0, 0.05) is 0 Å². The molecule has 0 aliphatic carbocycles. The van der Waals surface area contributed by atoms with Crippen LogP contribution in [-0.2, 0) is 0 Å². The minimum absolute atomic E-state index is 0.207. The van der Waals surface area contributed by atoms with Crippen molar-refractivity contribution in [3.8, 4) is 5.75 Å². The van der Waals surface area contributed by atoms with E-state index in [-0.39, 0.29) is 5.75 Å². The van der Waals surface area contributed by atoms with Gasteiger partial charge in [-0.25, -0.2) is 0 Å². The third-order valence-electron chi connectivity index (χ3n) is 1.89. The smallest absolute Gasteiger partial charge is 0.406 e. The van der Waals surface area contributed by atoms with Crippen molar-refractivity contribution in [3.63, 3.8) is 0 Å². The second-order valence-electron chi connectivity index (χ2n) is 2.98. The lowest BCUT2D eigenvalue weighted by Gasteiger charge is -2.09. The summed E-state index contributed by atoms with van der Waals surface area (Å²) < 4.78 is 39.5. The minimum atomic E-state index is -4.64. The molecule has 0 fully saturated rings. The molecule has 2 aromatic carbocycles. The van der Waals surface area contributed by atoms with Crippen LogP contribution >= 0.6 is 0 Å². The Morgan fingerprint density at radius 3 is 2.60 bits per heavy atom. The number of hydrogen-bond donors (Lipinski definition) is 0. The lowest BCUT2D eigenvalue weighted by molar-refractivity contribution is -0.274. The highest BCUT2D eigenvalue weighted by Crippen LogP contribution is 2.26. The van der Waals surface area contributed by atoms with Crippen LogP contribution in [0.2, 0.25) is 0 Å². The van der Waals surface area contributed by atoms with E-state index >= 15 is 0 Å². The van der Waals surface area contributed by atoms with Gasteiger partial charge in [0.05, 0.1) is 0 Å². The van der Waals surface area contributed by atoms with Crippen LogP contribution in [-0.4, -0.2) is 6.36 Å². The summed E-state index contributed by atoms with van der Waals surface area (Å²) >= 11 is 0. The molecule has 0 unspecified atom stereocenters. The molecule has 0 N–H and O–H groups in total. The Kier molecular flexibility index (Phi) is 2.26. The van der Waals surface area contributed by atoms with Crippen LogP contribution in [0.25, 0.3) is 10.8 Å². The second kappa shape index (κ2) is 3.46. The van der Waals surface area contributed by atoms with E-state index in [0.717, 1.165) is 5.39 Å². The molecule has 2 rings (SSSR count). The first kappa shape index (κ1) is 9.83. The van der Waals surface area contributed by atoms with Gasteiger partial charge in [-0.15, -0.1) is 13.2 Å². The molecule has 0 saturated heterocycles. The van der Waals surface area contributed by atoms with Crippen molar-refractivity contribution >= 4 is 10.8 Å². The zero-order chi connectivity index (χ0) is 10.9. The number of hydrogen-bond acceptors (Lipinski definition) is 1. The van der Waals surface area contributed by atoms with Crippen LogP contribution in [0, 0.1) is 6.07 Å². The van der Waals surface area contributed by atoms with Crippen molar-refractivity contribution in [1.29, 1.82) is 0 Å². The van der Waals surface area contributed by atoms with Crippen molar-refractivity contribution in [2.24, 2.45) is 0 Å². The first-order chi connectivity index (χ1) is 7.04. The van der Waals surface area contributed by atoms with Crippen molar-refractivity contribution in [2.75, 3.05) is 0 Å². The molecule has 0 bridgehead atoms. The van der Waals surface area contributed by atoms with Crippen LogP contribution in [0.15, 0.2) is 36.4 Å².